The van der Waals surface area contributed by atoms with Gasteiger partial charge in [-0.3, -0.25) is 18.8 Å². The Kier molecular flexibility index (Phi) is 6.36. The molecule has 9 heteroatoms. The van der Waals surface area contributed by atoms with Crippen molar-refractivity contribution in [3.05, 3.63) is 35.4 Å². The number of carbonyl (C=O) groups is 1. The highest BCUT2D eigenvalue weighted by molar-refractivity contribution is 7.58. The molecule has 1 aromatic carbocycles. The highest BCUT2D eigenvalue weighted by Crippen LogP contribution is 2.54. The molecule has 2 aromatic rings. The lowest BCUT2D eigenvalue weighted by atomic mass is 10.1. The fraction of sp³-hybridized carbons (Fsp3) is 0.412. The summed E-state index contributed by atoms with van der Waals surface area (Å²) in [4.78, 5) is 20.4. The zero-order valence-electron chi connectivity index (χ0n) is 16.4. The first-order valence-corrected chi connectivity index (χ1v) is 9.74. The van der Waals surface area contributed by atoms with Crippen LogP contribution in [-0.4, -0.2) is 67.6 Å². The van der Waals surface area contributed by atoms with E-state index in [1.54, 1.807) is 6.07 Å². The molecule has 0 saturated heterocycles. The first-order valence-electron chi connectivity index (χ1n) is 8.14. The Labute approximate surface area is 154 Å². The quantitative estimate of drug-likeness (QED) is 0.330. The van der Waals surface area contributed by atoms with Crippen molar-refractivity contribution in [2.45, 2.75) is 6.92 Å². The molecule has 8 nitrogen and oxygen atoms in total. The van der Waals surface area contributed by atoms with Crippen molar-refractivity contribution in [3.63, 3.8) is 0 Å². The van der Waals surface area contributed by atoms with Gasteiger partial charge in [0.25, 0.3) is 0 Å². The van der Waals surface area contributed by atoms with Crippen LogP contribution in [0.4, 0.5) is 5.82 Å². The molecule has 0 N–H and O–H groups in total. The fourth-order valence-corrected chi connectivity index (χ4v) is 5.67. The van der Waals surface area contributed by atoms with E-state index < -0.39 is 7.51 Å². The van der Waals surface area contributed by atoms with E-state index in [0.29, 0.717) is 5.56 Å². The minimum Gasteiger partial charge on any atom is -0.298 e. The average molecular weight is 375 g/mol. The Morgan fingerprint density at radius 1 is 1.00 bits per heavy atom. The van der Waals surface area contributed by atoms with Crippen LogP contribution in [0.3, 0.4) is 0 Å². The molecule has 0 bridgehead atoms. The molecule has 140 valence electrons. The fourth-order valence-electron chi connectivity index (χ4n) is 2.90. The third kappa shape index (κ3) is 3.88. The van der Waals surface area contributed by atoms with Gasteiger partial charge in [-0.05, 0) is 72.6 Å². The molecule has 0 atom stereocenters. The van der Waals surface area contributed by atoms with Gasteiger partial charge in [0, 0.05) is 5.39 Å². The van der Waals surface area contributed by atoms with Gasteiger partial charge in [-0.2, -0.15) is 0 Å². The van der Waals surface area contributed by atoms with Crippen LogP contribution >= 0.6 is 7.51 Å². The third-order valence-electron chi connectivity index (χ3n) is 4.01. The molecule has 0 aliphatic rings. The number of benzene rings is 1. The monoisotopic (exact) mass is 375 g/mol. The second-order valence-electron chi connectivity index (χ2n) is 6.57. The number of carbonyl (C=O) groups excluding carboxylic acids is 1. The van der Waals surface area contributed by atoms with Crippen molar-refractivity contribution in [1.82, 2.24) is 19.0 Å². The lowest BCUT2D eigenvalue weighted by Gasteiger charge is -2.39. The summed E-state index contributed by atoms with van der Waals surface area (Å²) < 4.78 is 6.09. The van der Waals surface area contributed by atoms with Gasteiger partial charge in [0.2, 0.25) is 0 Å². The van der Waals surface area contributed by atoms with Crippen molar-refractivity contribution >= 4 is 30.5 Å². The van der Waals surface area contributed by atoms with Gasteiger partial charge in [0.1, 0.15) is 0 Å². The third-order valence-corrected chi connectivity index (χ3v) is 7.55. The number of fused-ring (bicyclic) bond motifs is 1. The van der Waals surface area contributed by atoms with E-state index >= 15 is 0 Å². The summed E-state index contributed by atoms with van der Waals surface area (Å²) in [6, 6.07) is 7.65. The largest absolute Gasteiger partial charge is 0.298 e. The molecule has 0 unspecified atom stereocenters. The SMILES string of the molecule is Cc1ccc2nc(N=NN=P(N(C)C)(N(C)C)N(C)C)c(C=O)cc2c1. The molecule has 26 heavy (non-hydrogen) atoms. The maximum Gasteiger partial charge on any atom is 0.193 e. The average Bonchev–Trinajstić information content (AvgIpc) is 2.56. The Balaban J connectivity index is 2.55. The summed E-state index contributed by atoms with van der Waals surface area (Å²) in [6.07, 6.45) is 0.745. The van der Waals surface area contributed by atoms with Gasteiger partial charge >= 0.3 is 0 Å². The van der Waals surface area contributed by atoms with Gasteiger partial charge < -0.3 is 0 Å². The van der Waals surface area contributed by atoms with Crippen LogP contribution in [0.15, 0.2) is 39.5 Å². The van der Waals surface area contributed by atoms with Crippen molar-refractivity contribution in [2.24, 2.45) is 15.2 Å². The van der Waals surface area contributed by atoms with E-state index in [1.165, 1.54) is 0 Å². The van der Waals surface area contributed by atoms with Crippen LogP contribution in [-0.2, 0) is 0 Å². The Bertz CT molecular complexity index is 862. The number of aromatic nitrogens is 1. The van der Waals surface area contributed by atoms with E-state index in [0.717, 1.165) is 22.8 Å². The highest BCUT2D eigenvalue weighted by atomic mass is 31.2. The lowest BCUT2D eigenvalue weighted by Crippen LogP contribution is -2.30. The minimum atomic E-state index is -2.18. The zero-order chi connectivity index (χ0) is 19.5. The van der Waals surface area contributed by atoms with Crippen LogP contribution in [0.25, 0.3) is 10.9 Å². The molecule has 1 heterocycles. The van der Waals surface area contributed by atoms with Crippen LogP contribution in [0.1, 0.15) is 15.9 Å². The molecule has 0 amide bonds. The van der Waals surface area contributed by atoms with Crippen molar-refractivity contribution in [2.75, 3.05) is 42.3 Å². The number of aldehydes is 1. The van der Waals surface area contributed by atoms with Crippen LogP contribution in [0, 0.1) is 6.92 Å². The smallest absolute Gasteiger partial charge is 0.193 e. The highest BCUT2D eigenvalue weighted by Gasteiger charge is 2.28. The van der Waals surface area contributed by atoms with Crippen molar-refractivity contribution < 1.29 is 4.79 Å². The van der Waals surface area contributed by atoms with E-state index in [4.69, 9.17) is 0 Å². The zero-order valence-corrected chi connectivity index (χ0v) is 17.3. The van der Waals surface area contributed by atoms with Gasteiger partial charge in [0.05, 0.1) is 11.1 Å². The van der Waals surface area contributed by atoms with Gasteiger partial charge in [0.15, 0.2) is 19.6 Å². The van der Waals surface area contributed by atoms with Gasteiger partial charge in [-0.25, -0.2) is 4.98 Å². The van der Waals surface area contributed by atoms with Gasteiger partial charge in [-0.15, -0.1) is 9.97 Å². The second-order valence-corrected chi connectivity index (χ2v) is 10.2. The minimum absolute atomic E-state index is 0.273. The predicted octanol–water partition coefficient (Wildman–Crippen LogP) is 3.99. The number of pyridine rings is 1. The maximum absolute atomic E-state index is 11.5. The van der Waals surface area contributed by atoms with E-state index in [9.17, 15) is 4.79 Å². The second kappa shape index (κ2) is 8.14. The first kappa shape index (κ1) is 20.3. The van der Waals surface area contributed by atoms with Crippen LogP contribution < -0.4 is 0 Å². The number of hydrogen-bond acceptors (Lipinski definition) is 3. The molecule has 0 aliphatic heterocycles. The molecular formula is C17H26N7OP. The van der Waals surface area contributed by atoms with E-state index in [1.807, 2.05) is 81.4 Å². The summed E-state index contributed by atoms with van der Waals surface area (Å²) in [5.41, 5.74) is 2.27. The number of hydrogen-bond donors (Lipinski definition) is 0. The molecular weight excluding hydrogens is 349 g/mol. The van der Waals surface area contributed by atoms with E-state index in [2.05, 4.69) is 20.2 Å². The van der Waals surface area contributed by atoms with Gasteiger partial charge in [-0.1, -0.05) is 11.6 Å². The van der Waals surface area contributed by atoms with Crippen molar-refractivity contribution in [3.8, 4) is 0 Å². The number of rotatable bonds is 6. The molecule has 2 rings (SSSR count). The number of aryl methyl sites for hydroxylation is 1. The summed E-state index contributed by atoms with van der Waals surface area (Å²) in [5.74, 6) is 0.273. The van der Waals surface area contributed by atoms with E-state index in [-0.39, 0.29) is 5.82 Å². The summed E-state index contributed by atoms with van der Waals surface area (Å²) in [6.45, 7) is 2.00. The summed E-state index contributed by atoms with van der Waals surface area (Å²) in [7, 11) is 9.57. The molecule has 1 aromatic heterocycles. The molecule has 0 fully saturated rings. The normalized spacial score (nSPS) is 12.7. The maximum atomic E-state index is 11.5. The summed E-state index contributed by atoms with van der Waals surface area (Å²) >= 11 is 0. The molecule has 0 radical (unpaired) electrons. The van der Waals surface area contributed by atoms with Crippen LogP contribution in [0.5, 0.6) is 0 Å². The predicted molar refractivity (Wildman–Crippen MR) is 107 cm³/mol. The Morgan fingerprint density at radius 2 is 1.62 bits per heavy atom. The molecule has 0 saturated carbocycles. The lowest BCUT2D eigenvalue weighted by molar-refractivity contribution is 0.112. The molecule has 0 spiro atoms. The Hall–Kier alpha value is -1.99. The topological polar surface area (TPSA) is 76.8 Å². The summed E-state index contributed by atoms with van der Waals surface area (Å²) in [5, 5.41) is 9.11. The first-order chi connectivity index (χ1) is 12.2. The standard InChI is InChI=1S/C17H26N7OP/c1-13-8-9-16-14(10-13)11-15(12-25)17(18-16)19-20-21-26(22(2)3,23(4)5)24(6)7/h8-12H,1-7H3. The van der Waals surface area contributed by atoms with Crippen molar-refractivity contribution in [1.29, 1.82) is 0 Å². The molecule has 0 aliphatic carbocycles. The Morgan fingerprint density at radius 3 is 2.15 bits per heavy atom. The number of nitrogens with zero attached hydrogens (tertiary/aromatic N) is 7. The van der Waals surface area contributed by atoms with Crippen LogP contribution in [0.2, 0.25) is 0 Å².